The summed E-state index contributed by atoms with van der Waals surface area (Å²) in [7, 11) is 0. The van der Waals surface area contributed by atoms with Crippen LogP contribution < -0.4 is 10.6 Å². The molecule has 0 unspecified atom stereocenters. The molecule has 0 aliphatic carbocycles. The second-order valence-electron chi connectivity index (χ2n) is 4.54. The molecule has 3 N–H and O–H groups in total. The van der Waals surface area contributed by atoms with E-state index >= 15 is 0 Å². The number of aliphatic carboxylic acids is 1. The van der Waals surface area contributed by atoms with Crippen LogP contribution in [0.5, 0.6) is 0 Å². The maximum Gasteiger partial charge on any atom is 0.305 e. The minimum Gasteiger partial charge on any atom is -0.481 e. The second-order valence-corrected chi connectivity index (χ2v) is 4.54. The molecular weight excluding hydrogens is 270 g/mol. The van der Waals surface area contributed by atoms with E-state index in [1.807, 2.05) is 26.0 Å². The van der Waals surface area contributed by atoms with E-state index < -0.39 is 11.9 Å². The average Bonchev–Trinajstić information content (AvgIpc) is 2.41. The molecule has 6 nitrogen and oxygen atoms in total. The molecule has 0 radical (unpaired) electrons. The van der Waals surface area contributed by atoms with Gasteiger partial charge in [-0.15, -0.1) is 0 Å². The minimum absolute atomic E-state index is 0.0894. The van der Waals surface area contributed by atoms with Crippen LogP contribution in [0.15, 0.2) is 30.0 Å². The molecule has 6 heteroatoms. The number of carboxylic acid groups (broad SMARTS) is 1. The van der Waals surface area contributed by atoms with E-state index in [9.17, 15) is 9.59 Å². The Morgan fingerprint density at radius 2 is 2.10 bits per heavy atom. The quantitative estimate of drug-likeness (QED) is 0.420. The van der Waals surface area contributed by atoms with Gasteiger partial charge in [-0.1, -0.05) is 17.7 Å². The Bertz CT molecular complexity index is 615. The summed E-state index contributed by atoms with van der Waals surface area (Å²) in [5, 5.41) is 22.7. The van der Waals surface area contributed by atoms with E-state index in [-0.39, 0.29) is 18.5 Å². The van der Waals surface area contributed by atoms with Gasteiger partial charge < -0.3 is 15.7 Å². The monoisotopic (exact) mass is 287 g/mol. The molecule has 0 aliphatic rings. The zero-order valence-corrected chi connectivity index (χ0v) is 11.9. The lowest BCUT2D eigenvalue weighted by Crippen LogP contribution is -2.18. The van der Waals surface area contributed by atoms with Crippen LogP contribution in [0.3, 0.4) is 0 Å². The number of aryl methyl sites for hydroxylation is 2. The fraction of sp³-hybridized carbons (Fsp3) is 0.267. The van der Waals surface area contributed by atoms with Crippen LogP contribution in [-0.4, -0.2) is 23.5 Å². The number of hydrogen-bond acceptors (Lipinski definition) is 4. The van der Waals surface area contributed by atoms with E-state index in [0.29, 0.717) is 5.69 Å². The van der Waals surface area contributed by atoms with Gasteiger partial charge in [-0.2, -0.15) is 5.26 Å². The molecule has 110 valence electrons. The maximum absolute atomic E-state index is 12.0. The zero-order chi connectivity index (χ0) is 15.8. The number of hydrogen-bond donors (Lipinski definition) is 3. The van der Waals surface area contributed by atoms with Crippen LogP contribution in [0.25, 0.3) is 0 Å². The van der Waals surface area contributed by atoms with E-state index in [2.05, 4.69) is 10.6 Å². The van der Waals surface area contributed by atoms with Crippen molar-refractivity contribution in [2.24, 2.45) is 0 Å². The summed E-state index contributed by atoms with van der Waals surface area (Å²) in [4.78, 5) is 22.3. The van der Waals surface area contributed by atoms with Crippen molar-refractivity contribution in [3.8, 4) is 6.07 Å². The van der Waals surface area contributed by atoms with Crippen LogP contribution in [0, 0.1) is 25.2 Å². The summed E-state index contributed by atoms with van der Waals surface area (Å²) in [5.74, 6) is -1.48. The minimum atomic E-state index is -0.950. The first-order valence-electron chi connectivity index (χ1n) is 6.38. The number of carbonyl (C=O) groups excluding carboxylic acids is 1. The molecule has 0 aromatic heterocycles. The molecule has 21 heavy (non-hydrogen) atoms. The normalized spacial score (nSPS) is 10.6. The second kappa shape index (κ2) is 7.70. The summed E-state index contributed by atoms with van der Waals surface area (Å²) < 4.78 is 0. The van der Waals surface area contributed by atoms with Crippen LogP contribution in [-0.2, 0) is 9.59 Å². The highest BCUT2D eigenvalue weighted by Gasteiger charge is 2.10. The molecule has 1 aromatic carbocycles. The molecule has 0 fully saturated rings. The number of nitrogens with zero attached hydrogens (tertiary/aromatic N) is 1. The first-order chi connectivity index (χ1) is 9.93. The number of nitriles is 1. The predicted molar refractivity (Wildman–Crippen MR) is 78.5 cm³/mol. The van der Waals surface area contributed by atoms with Crippen LogP contribution in [0.1, 0.15) is 17.5 Å². The van der Waals surface area contributed by atoms with Gasteiger partial charge in [0, 0.05) is 18.4 Å². The summed E-state index contributed by atoms with van der Waals surface area (Å²) in [5.41, 5.74) is 2.51. The number of carboxylic acids is 1. The first kappa shape index (κ1) is 16.2. The molecular formula is C15H17N3O3. The maximum atomic E-state index is 12.0. The Labute approximate surface area is 123 Å². The fourth-order valence-corrected chi connectivity index (χ4v) is 1.65. The summed E-state index contributed by atoms with van der Waals surface area (Å²) in [6, 6.07) is 7.35. The lowest BCUT2D eigenvalue weighted by molar-refractivity contribution is -0.136. The first-order valence-corrected chi connectivity index (χ1v) is 6.38. The summed E-state index contributed by atoms with van der Waals surface area (Å²) >= 11 is 0. The van der Waals surface area contributed by atoms with Gasteiger partial charge in [-0.25, -0.2) is 0 Å². The summed E-state index contributed by atoms with van der Waals surface area (Å²) in [6.07, 6.45) is 1.13. The Morgan fingerprint density at radius 3 is 2.67 bits per heavy atom. The predicted octanol–water partition coefficient (Wildman–Crippen LogP) is 1.71. The molecule has 0 bridgehead atoms. The van der Waals surface area contributed by atoms with E-state index in [4.69, 9.17) is 10.4 Å². The molecule has 0 spiro atoms. The number of benzene rings is 1. The Balaban J connectivity index is 2.69. The van der Waals surface area contributed by atoms with Gasteiger partial charge in [0.1, 0.15) is 11.6 Å². The number of amides is 1. The molecule has 1 rings (SSSR count). The van der Waals surface area contributed by atoms with Crippen molar-refractivity contribution in [1.29, 1.82) is 5.26 Å². The number of anilines is 1. The lowest BCUT2D eigenvalue weighted by atomic mass is 10.1. The van der Waals surface area contributed by atoms with Crippen molar-refractivity contribution >= 4 is 17.6 Å². The average molecular weight is 287 g/mol. The van der Waals surface area contributed by atoms with Gasteiger partial charge in [-0.3, -0.25) is 9.59 Å². The topological polar surface area (TPSA) is 102 Å². The third-order valence-corrected chi connectivity index (χ3v) is 2.72. The molecule has 0 saturated heterocycles. The number of nitrogens with one attached hydrogen (secondary N) is 2. The highest BCUT2D eigenvalue weighted by Crippen LogP contribution is 2.16. The third kappa shape index (κ3) is 5.37. The van der Waals surface area contributed by atoms with Crippen LogP contribution >= 0.6 is 0 Å². The number of carbonyl (C=O) groups is 2. The van der Waals surface area contributed by atoms with Gasteiger partial charge in [-0.05, 0) is 25.5 Å². The lowest BCUT2D eigenvalue weighted by Gasteiger charge is -2.08. The van der Waals surface area contributed by atoms with Crippen molar-refractivity contribution in [3.05, 3.63) is 41.1 Å². The molecule has 0 saturated carbocycles. The third-order valence-electron chi connectivity index (χ3n) is 2.72. The molecule has 0 atom stereocenters. The van der Waals surface area contributed by atoms with Gasteiger partial charge in [0.2, 0.25) is 0 Å². The van der Waals surface area contributed by atoms with E-state index in [1.54, 1.807) is 12.1 Å². The molecule has 0 aliphatic heterocycles. The van der Waals surface area contributed by atoms with Gasteiger partial charge >= 0.3 is 5.97 Å². The largest absolute Gasteiger partial charge is 0.481 e. The van der Waals surface area contributed by atoms with Crippen molar-refractivity contribution in [3.63, 3.8) is 0 Å². The van der Waals surface area contributed by atoms with Gasteiger partial charge in [0.25, 0.3) is 5.91 Å². The smallest absolute Gasteiger partial charge is 0.305 e. The molecule has 1 amide bonds. The van der Waals surface area contributed by atoms with Gasteiger partial charge in [0.05, 0.1) is 6.42 Å². The van der Waals surface area contributed by atoms with Crippen LogP contribution in [0.2, 0.25) is 0 Å². The van der Waals surface area contributed by atoms with Gasteiger partial charge in [0.15, 0.2) is 0 Å². The SMILES string of the molecule is Cc1ccc(NC(=O)/C(C#N)=C\NCCC(=O)O)c(C)c1. The highest BCUT2D eigenvalue weighted by atomic mass is 16.4. The summed E-state index contributed by atoms with van der Waals surface area (Å²) in [6.45, 7) is 3.96. The standard InChI is InChI=1S/C15H17N3O3/c1-10-3-4-13(11(2)7-10)18-15(21)12(8-16)9-17-6-5-14(19)20/h3-4,7,9,17H,5-6H2,1-2H3,(H,18,21)(H,19,20)/b12-9-. The number of rotatable bonds is 6. The Morgan fingerprint density at radius 1 is 1.38 bits per heavy atom. The highest BCUT2D eigenvalue weighted by molar-refractivity contribution is 6.06. The Kier molecular flexibility index (Phi) is 5.96. The molecule has 1 aromatic rings. The van der Waals surface area contributed by atoms with Crippen molar-refractivity contribution in [2.45, 2.75) is 20.3 Å². The van der Waals surface area contributed by atoms with Crippen LogP contribution in [0.4, 0.5) is 5.69 Å². The van der Waals surface area contributed by atoms with E-state index in [1.165, 1.54) is 6.20 Å². The Hall–Kier alpha value is -2.81. The molecule has 0 heterocycles. The van der Waals surface area contributed by atoms with E-state index in [0.717, 1.165) is 11.1 Å². The fourth-order valence-electron chi connectivity index (χ4n) is 1.65. The zero-order valence-electron chi connectivity index (χ0n) is 11.9. The van der Waals surface area contributed by atoms with Crippen molar-refractivity contribution in [2.75, 3.05) is 11.9 Å². The van der Waals surface area contributed by atoms with Crippen molar-refractivity contribution in [1.82, 2.24) is 5.32 Å². The van der Waals surface area contributed by atoms with Crippen molar-refractivity contribution < 1.29 is 14.7 Å².